The number of hydrogen-bond donors (Lipinski definition) is 3. The maximum atomic E-state index is 8.77. The lowest BCUT2D eigenvalue weighted by Crippen LogP contribution is -2.38. The maximum Gasteiger partial charge on any atom is 0.191 e. The summed E-state index contributed by atoms with van der Waals surface area (Å²) < 4.78 is 0. The number of benzene rings is 1. The Hall–Kier alpha value is -1.55. The number of nitrogens with one attached hydrogen (secondary N) is 2. The third-order valence-electron chi connectivity index (χ3n) is 2.37. The zero-order valence-corrected chi connectivity index (χ0v) is 10.5. The van der Waals surface area contributed by atoms with Crippen molar-refractivity contribution in [2.45, 2.75) is 19.9 Å². The number of guanidine groups is 1. The van der Waals surface area contributed by atoms with E-state index in [1.54, 1.807) is 0 Å². The highest BCUT2D eigenvalue weighted by Gasteiger charge is 2.06. The number of hydrogen-bond acceptors (Lipinski definition) is 2. The monoisotopic (exact) mass is 235 g/mol. The van der Waals surface area contributed by atoms with E-state index in [1.807, 2.05) is 25.1 Å². The Kier molecular flexibility index (Phi) is 6.10. The fourth-order valence-corrected chi connectivity index (χ4v) is 1.51. The van der Waals surface area contributed by atoms with Gasteiger partial charge in [-0.3, -0.25) is 4.99 Å². The molecule has 1 atom stereocenters. The zero-order valence-electron chi connectivity index (χ0n) is 10.5. The van der Waals surface area contributed by atoms with Gasteiger partial charge in [0.25, 0.3) is 0 Å². The van der Waals surface area contributed by atoms with Gasteiger partial charge in [-0.25, -0.2) is 0 Å². The molecule has 0 radical (unpaired) electrons. The van der Waals surface area contributed by atoms with E-state index in [9.17, 15) is 0 Å². The van der Waals surface area contributed by atoms with Gasteiger partial charge in [0.15, 0.2) is 5.96 Å². The molecule has 0 spiro atoms. The number of aliphatic hydroxyl groups is 1. The summed E-state index contributed by atoms with van der Waals surface area (Å²) in [6, 6.07) is 10.4. The van der Waals surface area contributed by atoms with Crippen molar-refractivity contribution < 1.29 is 5.11 Å². The fraction of sp³-hybridized carbons (Fsp3) is 0.462. The molecule has 0 fully saturated rings. The van der Waals surface area contributed by atoms with Gasteiger partial charge >= 0.3 is 0 Å². The van der Waals surface area contributed by atoms with Crippen molar-refractivity contribution in [1.29, 1.82) is 0 Å². The molecule has 0 aliphatic heterocycles. The smallest absolute Gasteiger partial charge is 0.191 e. The summed E-state index contributed by atoms with van der Waals surface area (Å²) in [5.74, 6) is 0.734. The summed E-state index contributed by atoms with van der Waals surface area (Å²) in [5, 5.41) is 15.2. The molecule has 0 aromatic heterocycles. The summed E-state index contributed by atoms with van der Waals surface area (Å²) in [5.41, 5.74) is 1.21. The van der Waals surface area contributed by atoms with Crippen LogP contribution in [0.2, 0.25) is 0 Å². The Bertz CT molecular complexity index is 338. The molecule has 0 bridgehead atoms. The second-order valence-corrected chi connectivity index (χ2v) is 3.76. The van der Waals surface area contributed by atoms with Gasteiger partial charge in [-0.15, -0.1) is 0 Å². The first kappa shape index (κ1) is 13.5. The minimum atomic E-state index is 0.0658. The van der Waals surface area contributed by atoms with E-state index in [-0.39, 0.29) is 12.6 Å². The topological polar surface area (TPSA) is 56.7 Å². The van der Waals surface area contributed by atoms with Gasteiger partial charge in [0.05, 0.1) is 19.2 Å². The van der Waals surface area contributed by atoms with Gasteiger partial charge in [0.2, 0.25) is 0 Å². The normalized spacial score (nSPS) is 13.2. The van der Waals surface area contributed by atoms with Crippen molar-refractivity contribution in [2.24, 2.45) is 4.99 Å². The van der Waals surface area contributed by atoms with Crippen molar-refractivity contribution in [3.05, 3.63) is 35.9 Å². The van der Waals surface area contributed by atoms with Crippen molar-refractivity contribution in [1.82, 2.24) is 10.6 Å². The lowest BCUT2D eigenvalue weighted by Gasteiger charge is -2.18. The van der Waals surface area contributed by atoms with E-state index >= 15 is 0 Å². The summed E-state index contributed by atoms with van der Waals surface area (Å²) in [6.45, 7) is 5.39. The highest BCUT2D eigenvalue weighted by Crippen LogP contribution is 2.10. The van der Waals surface area contributed by atoms with Crippen molar-refractivity contribution in [3.63, 3.8) is 0 Å². The number of aliphatic hydroxyl groups excluding tert-OH is 1. The van der Waals surface area contributed by atoms with Crippen LogP contribution in [0.3, 0.4) is 0 Å². The Labute approximate surface area is 103 Å². The molecule has 0 saturated carbocycles. The van der Waals surface area contributed by atoms with Crippen LogP contribution < -0.4 is 10.6 Å². The van der Waals surface area contributed by atoms with E-state index in [2.05, 4.69) is 34.7 Å². The van der Waals surface area contributed by atoms with Crippen LogP contribution in [0.4, 0.5) is 0 Å². The first-order chi connectivity index (χ1) is 8.27. The zero-order chi connectivity index (χ0) is 12.5. The lowest BCUT2D eigenvalue weighted by molar-refractivity contribution is 0.306. The number of nitrogens with zero attached hydrogens (tertiary/aromatic N) is 1. The maximum absolute atomic E-state index is 8.77. The highest BCUT2D eigenvalue weighted by molar-refractivity contribution is 5.80. The van der Waals surface area contributed by atoms with Crippen molar-refractivity contribution >= 4 is 5.96 Å². The lowest BCUT2D eigenvalue weighted by atomic mass is 10.1. The molecule has 3 N–H and O–H groups in total. The average Bonchev–Trinajstić information content (AvgIpc) is 2.37. The van der Waals surface area contributed by atoms with E-state index in [0.29, 0.717) is 6.54 Å². The van der Waals surface area contributed by atoms with Crippen molar-refractivity contribution in [2.75, 3.05) is 19.7 Å². The predicted molar refractivity (Wildman–Crippen MR) is 71.1 cm³/mol. The van der Waals surface area contributed by atoms with E-state index in [4.69, 9.17) is 5.11 Å². The van der Waals surface area contributed by atoms with Gasteiger partial charge in [-0.05, 0) is 19.4 Å². The van der Waals surface area contributed by atoms with Crippen LogP contribution in [-0.2, 0) is 0 Å². The van der Waals surface area contributed by atoms with Crippen LogP contribution in [0.5, 0.6) is 0 Å². The van der Waals surface area contributed by atoms with Crippen LogP contribution in [-0.4, -0.2) is 30.8 Å². The van der Waals surface area contributed by atoms with Gasteiger partial charge in [-0.2, -0.15) is 0 Å². The third-order valence-corrected chi connectivity index (χ3v) is 2.37. The van der Waals surface area contributed by atoms with Crippen molar-refractivity contribution in [3.8, 4) is 0 Å². The number of rotatable bonds is 5. The quantitative estimate of drug-likeness (QED) is 0.532. The van der Waals surface area contributed by atoms with Crippen LogP contribution in [0, 0.1) is 0 Å². The molecule has 4 nitrogen and oxygen atoms in total. The average molecular weight is 235 g/mol. The molecule has 1 aromatic carbocycles. The molecule has 1 unspecified atom stereocenters. The molecular formula is C13H21N3O. The van der Waals surface area contributed by atoms with Crippen LogP contribution >= 0.6 is 0 Å². The minimum absolute atomic E-state index is 0.0658. The van der Waals surface area contributed by atoms with E-state index in [1.165, 1.54) is 5.56 Å². The molecule has 0 heterocycles. The molecule has 0 saturated heterocycles. The first-order valence-corrected chi connectivity index (χ1v) is 5.98. The predicted octanol–water partition coefficient (Wildman–Crippen LogP) is 1.29. The summed E-state index contributed by atoms with van der Waals surface area (Å²) in [7, 11) is 0. The largest absolute Gasteiger partial charge is 0.394 e. The Balaban J connectivity index is 2.60. The molecule has 0 amide bonds. The third kappa shape index (κ3) is 4.87. The Morgan fingerprint density at radius 1 is 1.35 bits per heavy atom. The van der Waals surface area contributed by atoms with Gasteiger partial charge < -0.3 is 15.7 Å². The molecule has 1 rings (SSSR count). The first-order valence-electron chi connectivity index (χ1n) is 5.98. The molecule has 94 valence electrons. The van der Waals surface area contributed by atoms with Gasteiger partial charge in [-0.1, -0.05) is 30.3 Å². The van der Waals surface area contributed by atoms with E-state index in [0.717, 1.165) is 12.5 Å². The molecule has 17 heavy (non-hydrogen) atoms. The Morgan fingerprint density at radius 3 is 2.65 bits per heavy atom. The fourth-order valence-electron chi connectivity index (χ4n) is 1.51. The summed E-state index contributed by atoms with van der Waals surface area (Å²) in [6.07, 6.45) is 0. The number of aliphatic imine (C=N–C) groups is 1. The van der Waals surface area contributed by atoms with Gasteiger partial charge in [0.1, 0.15) is 0 Å². The molecule has 0 aliphatic rings. The summed E-state index contributed by atoms with van der Waals surface area (Å²) >= 11 is 0. The Morgan fingerprint density at radius 2 is 2.06 bits per heavy atom. The van der Waals surface area contributed by atoms with Crippen LogP contribution in [0.25, 0.3) is 0 Å². The second-order valence-electron chi connectivity index (χ2n) is 3.76. The van der Waals surface area contributed by atoms with Crippen LogP contribution in [0.15, 0.2) is 35.3 Å². The minimum Gasteiger partial charge on any atom is -0.394 e. The summed E-state index contributed by atoms with van der Waals surface area (Å²) in [4.78, 5) is 4.24. The standard InChI is InChI=1S/C13H21N3O/c1-3-14-13(15-9-10-17)16-11(2)12-7-5-4-6-8-12/h4-8,11,17H,3,9-10H2,1-2H3,(H2,14,15,16). The molecule has 1 aromatic rings. The SMILES string of the molecule is CCNC(=NCCO)NC(C)c1ccccc1. The highest BCUT2D eigenvalue weighted by atomic mass is 16.3. The van der Waals surface area contributed by atoms with E-state index < -0.39 is 0 Å². The van der Waals surface area contributed by atoms with Gasteiger partial charge in [0, 0.05) is 6.54 Å². The molecular weight excluding hydrogens is 214 g/mol. The molecule has 4 heteroatoms. The molecule has 0 aliphatic carbocycles. The second kappa shape index (κ2) is 7.68. The van der Waals surface area contributed by atoms with Crippen LogP contribution in [0.1, 0.15) is 25.5 Å².